The van der Waals surface area contributed by atoms with Gasteiger partial charge in [-0.3, -0.25) is 14.4 Å². The second kappa shape index (κ2) is 51.4. The van der Waals surface area contributed by atoms with Gasteiger partial charge in [0.25, 0.3) is 0 Å². The summed E-state index contributed by atoms with van der Waals surface area (Å²) in [5.74, 6) is -3.11. The number of carbonyl (C=O) groups excluding carboxylic acids is 3. The van der Waals surface area contributed by atoms with Gasteiger partial charge < -0.3 is 39.0 Å². The van der Waals surface area contributed by atoms with Crippen molar-refractivity contribution in [2.24, 2.45) is 0 Å². The molecule has 3 N–H and O–H groups in total. The summed E-state index contributed by atoms with van der Waals surface area (Å²) in [6, 6.07) is 0. The number of carbonyl (C=O) groups is 4. The first-order valence-electron chi connectivity index (χ1n) is 30.6. The highest BCUT2D eigenvalue weighted by Crippen LogP contribution is 2.27. The highest BCUT2D eigenvalue weighted by molar-refractivity contribution is 5.74. The Labute approximate surface area is 456 Å². The number of unbranched alkanes of at least 4 members (excludes halogenated alkanes) is 30. The summed E-state index contributed by atoms with van der Waals surface area (Å²) < 4.78 is 28.5. The number of aliphatic hydroxyl groups is 2. The minimum atomic E-state index is -1.90. The lowest BCUT2D eigenvalue weighted by Crippen LogP contribution is -2.61. The zero-order valence-corrected chi connectivity index (χ0v) is 47.8. The molecule has 1 aliphatic heterocycles. The topological polar surface area (TPSA) is 175 Å². The van der Waals surface area contributed by atoms with Crippen LogP contribution in [0.25, 0.3) is 0 Å². The Kier molecular flexibility index (Phi) is 47.8. The molecule has 0 aromatic carbocycles. The second-order valence-electron chi connectivity index (χ2n) is 21.0. The fourth-order valence-electron chi connectivity index (χ4n) is 9.24. The van der Waals surface area contributed by atoms with Gasteiger partial charge in [-0.25, -0.2) is 4.79 Å². The average molecular weight is 1060 g/mol. The van der Waals surface area contributed by atoms with E-state index in [0.717, 1.165) is 109 Å². The van der Waals surface area contributed by atoms with Crippen LogP contribution in [0.2, 0.25) is 0 Å². The normalized spacial score (nSPS) is 18.4. The average Bonchev–Trinajstić information content (AvgIpc) is 3.39. The SMILES string of the molecule is CC/C=C\C/C=C\C/C=C\C/C=C\CCCCCCCCC(=O)OCC(COC1OC(C(=O)O)C(O)C(O)C1OC(=O)CCCCCCCCCCCCCCC)OC(=O)CCCCCCCCCCCCCCC. The fraction of sp³-hybridized carbons (Fsp3) is 0.810. The van der Waals surface area contributed by atoms with Crippen molar-refractivity contribution >= 4 is 23.9 Å². The Hall–Kier alpha value is -3.32. The number of ether oxygens (including phenoxy) is 5. The summed E-state index contributed by atoms with van der Waals surface area (Å²) in [6.45, 7) is 5.89. The Morgan fingerprint density at radius 2 is 0.840 bits per heavy atom. The molecule has 1 heterocycles. The Bertz CT molecular complexity index is 1490. The van der Waals surface area contributed by atoms with Crippen molar-refractivity contribution in [3.8, 4) is 0 Å². The summed E-state index contributed by atoms with van der Waals surface area (Å²) in [4.78, 5) is 51.1. The molecule has 434 valence electrons. The zero-order valence-electron chi connectivity index (χ0n) is 47.8. The molecule has 0 aromatic heterocycles. The fourth-order valence-corrected chi connectivity index (χ4v) is 9.24. The molecule has 0 bridgehead atoms. The molecule has 1 aliphatic rings. The lowest BCUT2D eigenvalue weighted by Gasteiger charge is -2.40. The summed E-state index contributed by atoms with van der Waals surface area (Å²) in [5.41, 5.74) is 0. The Morgan fingerprint density at radius 3 is 1.28 bits per heavy atom. The van der Waals surface area contributed by atoms with Crippen LogP contribution in [0, 0.1) is 0 Å². The van der Waals surface area contributed by atoms with E-state index in [-0.39, 0.29) is 25.9 Å². The summed E-state index contributed by atoms with van der Waals surface area (Å²) >= 11 is 0. The van der Waals surface area contributed by atoms with Crippen molar-refractivity contribution in [2.75, 3.05) is 13.2 Å². The number of carboxylic acid groups (broad SMARTS) is 1. The predicted molar refractivity (Wildman–Crippen MR) is 303 cm³/mol. The molecule has 1 saturated heterocycles. The molecular weight excluding hydrogens is 949 g/mol. The number of aliphatic carboxylic acids is 1. The lowest BCUT2D eigenvalue weighted by molar-refractivity contribution is -0.301. The van der Waals surface area contributed by atoms with Crippen LogP contribution in [0.1, 0.15) is 278 Å². The van der Waals surface area contributed by atoms with Crippen molar-refractivity contribution in [1.29, 1.82) is 0 Å². The van der Waals surface area contributed by atoms with Crippen molar-refractivity contribution in [2.45, 2.75) is 314 Å². The van der Waals surface area contributed by atoms with E-state index in [1.807, 2.05) is 0 Å². The van der Waals surface area contributed by atoms with Crippen LogP contribution in [0.15, 0.2) is 48.6 Å². The van der Waals surface area contributed by atoms with Crippen molar-refractivity contribution in [1.82, 2.24) is 0 Å². The minimum Gasteiger partial charge on any atom is -0.479 e. The van der Waals surface area contributed by atoms with Gasteiger partial charge in [-0.1, -0.05) is 249 Å². The molecule has 12 nitrogen and oxygen atoms in total. The van der Waals surface area contributed by atoms with Gasteiger partial charge in [0.15, 0.2) is 24.6 Å². The van der Waals surface area contributed by atoms with Crippen molar-refractivity contribution in [3.63, 3.8) is 0 Å². The highest BCUT2D eigenvalue weighted by Gasteiger charge is 2.50. The van der Waals surface area contributed by atoms with Gasteiger partial charge in [0, 0.05) is 19.3 Å². The van der Waals surface area contributed by atoms with Crippen molar-refractivity contribution in [3.05, 3.63) is 48.6 Å². The number of aliphatic hydroxyl groups excluding tert-OH is 2. The number of hydrogen-bond donors (Lipinski definition) is 3. The second-order valence-corrected chi connectivity index (χ2v) is 21.0. The quantitative estimate of drug-likeness (QED) is 0.0228. The van der Waals surface area contributed by atoms with Crippen LogP contribution >= 0.6 is 0 Å². The first-order chi connectivity index (χ1) is 36.6. The van der Waals surface area contributed by atoms with Gasteiger partial charge in [-0.05, 0) is 57.8 Å². The van der Waals surface area contributed by atoms with Crippen LogP contribution in [-0.2, 0) is 42.9 Å². The van der Waals surface area contributed by atoms with Crippen LogP contribution < -0.4 is 0 Å². The van der Waals surface area contributed by atoms with E-state index in [4.69, 9.17) is 23.7 Å². The highest BCUT2D eigenvalue weighted by atomic mass is 16.7. The van der Waals surface area contributed by atoms with E-state index in [2.05, 4.69) is 69.4 Å². The van der Waals surface area contributed by atoms with Crippen LogP contribution in [0.3, 0.4) is 0 Å². The van der Waals surface area contributed by atoms with E-state index in [1.54, 1.807) is 0 Å². The number of esters is 3. The van der Waals surface area contributed by atoms with Crippen LogP contribution in [0.4, 0.5) is 0 Å². The molecule has 0 saturated carbocycles. The third-order valence-corrected chi connectivity index (χ3v) is 13.9. The summed E-state index contributed by atoms with van der Waals surface area (Å²) in [6.07, 6.45) is 49.3. The zero-order chi connectivity index (χ0) is 54.7. The maximum Gasteiger partial charge on any atom is 0.335 e. The molecule has 0 spiro atoms. The summed E-state index contributed by atoms with van der Waals surface area (Å²) in [7, 11) is 0. The third-order valence-electron chi connectivity index (χ3n) is 13.9. The van der Waals surface area contributed by atoms with Gasteiger partial charge >= 0.3 is 23.9 Å². The molecule has 0 amide bonds. The lowest BCUT2D eigenvalue weighted by atomic mass is 9.98. The smallest absolute Gasteiger partial charge is 0.335 e. The third kappa shape index (κ3) is 41.5. The number of carboxylic acids is 1. The first-order valence-corrected chi connectivity index (χ1v) is 30.6. The molecule has 6 atom stereocenters. The first kappa shape index (κ1) is 69.7. The molecule has 75 heavy (non-hydrogen) atoms. The van der Waals surface area contributed by atoms with Crippen molar-refractivity contribution < 1.29 is 58.2 Å². The largest absolute Gasteiger partial charge is 0.479 e. The number of hydrogen-bond acceptors (Lipinski definition) is 11. The van der Waals surface area contributed by atoms with Crippen LogP contribution in [0.5, 0.6) is 0 Å². The number of allylic oxidation sites excluding steroid dienone is 8. The van der Waals surface area contributed by atoms with Gasteiger partial charge in [-0.2, -0.15) is 0 Å². The van der Waals surface area contributed by atoms with E-state index >= 15 is 0 Å². The van der Waals surface area contributed by atoms with Gasteiger partial charge in [0.05, 0.1) is 6.61 Å². The van der Waals surface area contributed by atoms with E-state index < -0.39 is 67.3 Å². The molecule has 12 heteroatoms. The van der Waals surface area contributed by atoms with Gasteiger partial charge in [0.1, 0.15) is 18.8 Å². The Morgan fingerprint density at radius 1 is 0.453 bits per heavy atom. The standard InChI is InChI=1S/C63H110O12/c1-4-7-10-13-16-19-22-25-26-27-28-29-30-33-34-37-40-43-46-49-55(64)71-52-54(73-56(65)50-47-44-41-38-35-31-23-20-17-14-11-8-5-2)53-72-63-61(59(68)58(67)60(75-63)62(69)70)74-57(66)51-48-45-42-39-36-32-24-21-18-15-12-9-6-3/h7,10,16,19,25-26,28-29,54,58-61,63,67-68H,4-6,8-9,11-15,17-18,20-24,27,30-53H2,1-3H3,(H,69,70)/b10-7-,19-16-,26-25-,29-28-. The summed E-state index contributed by atoms with van der Waals surface area (Å²) in [5, 5.41) is 31.5. The molecule has 1 rings (SSSR count). The Balaban J connectivity index is 2.67. The number of rotatable bonds is 52. The van der Waals surface area contributed by atoms with E-state index in [1.165, 1.54) is 109 Å². The van der Waals surface area contributed by atoms with E-state index in [0.29, 0.717) is 19.3 Å². The molecule has 0 aliphatic carbocycles. The minimum absolute atomic E-state index is 0.0637. The molecular formula is C63H110O12. The van der Waals surface area contributed by atoms with Gasteiger partial charge in [0.2, 0.25) is 0 Å². The molecule has 0 radical (unpaired) electrons. The molecule has 1 fully saturated rings. The maximum atomic E-state index is 13.1. The van der Waals surface area contributed by atoms with Gasteiger partial charge in [-0.15, -0.1) is 0 Å². The van der Waals surface area contributed by atoms with Crippen LogP contribution in [-0.4, -0.2) is 89.2 Å². The molecule has 0 aromatic rings. The maximum absolute atomic E-state index is 13.1. The predicted octanol–water partition coefficient (Wildman–Crippen LogP) is 15.8. The monoisotopic (exact) mass is 1060 g/mol. The van der Waals surface area contributed by atoms with E-state index in [9.17, 15) is 34.5 Å². The molecule has 6 unspecified atom stereocenters.